The van der Waals surface area contributed by atoms with E-state index in [0.29, 0.717) is 1.43 Å². The van der Waals surface area contributed by atoms with Crippen molar-refractivity contribution in [2.24, 2.45) is 0 Å². The Morgan fingerprint density at radius 3 is 1.79 bits per heavy atom. The molecule has 0 heterocycles. The van der Waals surface area contributed by atoms with E-state index in [1.165, 1.54) is 57.8 Å². The summed E-state index contributed by atoms with van der Waals surface area (Å²) in [7, 11) is 0. The predicted octanol–water partition coefficient (Wildman–Crippen LogP) is 6.10. The summed E-state index contributed by atoms with van der Waals surface area (Å²) in [6, 6.07) is 0. The highest BCUT2D eigenvalue weighted by atomic mass is 127. The Hall–Kier alpha value is 1.46. The zero-order valence-electron chi connectivity index (χ0n) is 9.62. The normalized spacial score (nSPS) is 12.0. The van der Waals surface area contributed by atoms with Gasteiger partial charge in [-0.1, -0.05) is 104 Å². The average molecular weight is 422 g/mol. The van der Waals surface area contributed by atoms with E-state index >= 15 is 0 Å². The lowest BCUT2D eigenvalue weighted by Gasteiger charge is -2.17. The van der Waals surface area contributed by atoms with Crippen LogP contribution >= 0.6 is 45.2 Å². The SMILES string of the molecule is CCCCCCCCCC(I)(I)CC. The minimum Gasteiger partial charge on any atom is -0.0672 e. The van der Waals surface area contributed by atoms with Crippen molar-refractivity contribution in [2.75, 3.05) is 0 Å². The number of unbranched alkanes of at least 4 members (excludes halogenated alkanes) is 6. The fourth-order valence-corrected chi connectivity index (χ4v) is 2.28. The van der Waals surface area contributed by atoms with Crippen LogP contribution in [0.3, 0.4) is 0 Å². The van der Waals surface area contributed by atoms with Crippen LogP contribution in [0.25, 0.3) is 0 Å². The second-order valence-corrected chi connectivity index (χ2v) is 10.3. The van der Waals surface area contributed by atoms with Crippen LogP contribution in [0.4, 0.5) is 0 Å². The summed E-state index contributed by atoms with van der Waals surface area (Å²) in [5, 5.41) is 0. The second kappa shape index (κ2) is 9.67. The van der Waals surface area contributed by atoms with Crippen LogP contribution < -0.4 is 0 Å². The molecule has 0 rings (SSSR count). The van der Waals surface area contributed by atoms with Crippen molar-refractivity contribution in [3.8, 4) is 0 Å². The smallest absolute Gasteiger partial charge is 0.0672 e. The molecule has 0 aliphatic heterocycles. The minimum atomic E-state index is 0.527. The first-order valence-corrected chi connectivity index (χ1v) is 8.16. The third-order valence-corrected chi connectivity index (χ3v) is 5.27. The van der Waals surface area contributed by atoms with Gasteiger partial charge in [-0.3, -0.25) is 0 Å². The van der Waals surface area contributed by atoms with Crippen molar-refractivity contribution < 1.29 is 0 Å². The van der Waals surface area contributed by atoms with Crippen molar-refractivity contribution in [1.82, 2.24) is 0 Å². The molecule has 0 aromatic rings. The number of halogens is 2. The lowest BCUT2D eigenvalue weighted by molar-refractivity contribution is 0.567. The highest BCUT2D eigenvalue weighted by molar-refractivity contribution is 14.2. The Bertz CT molecular complexity index is 121. The van der Waals surface area contributed by atoms with E-state index in [2.05, 4.69) is 59.0 Å². The van der Waals surface area contributed by atoms with Crippen LogP contribution in [0.2, 0.25) is 0 Å². The maximum Gasteiger partial charge on any atom is 0.0732 e. The van der Waals surface area contributed by atoms with Gasteiger partial charge in [0.15, 0.2) is 0 Å². The van der Waals surface area contributed by atoms with E-state index in [0.717, 1.165) is 0 Å². The molecule has 0 aliphatic carbocycles. The molecule has 0 amide bonds. The second-order valence-electron chi connectivity index (χ2n) is 4.08. The molecule has 0 saturated heterocycles. The summed E-state index contributed by atoms with van der Waals surface area (Å²) in [4.78, 5) is 0. The van der Waals surface area contributed by atoms with Gasteiger partial charge in [-0.15, -0.1) is 0 Å². The molecule has 0 aromatic carbocycles. The van der Waals surface area contributed by atoms with Gasteiger partial charge >= 0.3 is 0 Å². The van der Waals surface area contributed by atoms with Crippen molar-refractivity contribution in [2.45, 2.75) is 73.1 Å². The first-order valence-electron chi connectivity index (χ1n) is 6.00. The lowest BCUT2D eigenvalue weighted by Crippen LogP contribution is -2.07. The monoisotopic (exact) mass is 422 g/mol. The number of hydrogen-bond donors (Lipinski definition) is 0. The third-order valence-electron chi connectivity index (χ3n) is 2.66. The molecular weight excluding hydrogens is 398 g/mol. The minimum absolute atomic E-state index is 0.527. The van der Waals surface area contributed by atoms with Crippen LogP contribution in [0, 0.1) is 0 Å². The van der Waals surface area contributed by atoms with Gasteiger partial charge in [0.1, 0.15) is 0 Å². The standard InChI is InChI=1S/C12H24I2/c1-3-5-6-7-8-9-10-11-12(13,14)4-2/h3-11H2,1-2H3. The molecule has 0 fully saturated rings. The van der Waals surface area contributed by atoms with Crippen molar-refractivity contribution in [1.29, 1.82) is 0 Å². The summed E-state index contributed by atoms with van der Waals surface area (Å²) >= 11 is 5.20. The van der Waals surface area contributed by atoms with Gasteiger partial charge in [0.2, 0.25) is 0 Å². The first-order chi connectivity index (χ1) is 6.62. The molecule has 0 unspecified atom stereocenters. The van der Waals surface area contributed by atoms with Gasteiger partial charge in [0.05, 0.1) is 1.43 Å². The Kier molecular flexibility index (Phi) is 10.7. The van der Waals surface area contributed by atoms with E-state index in [1.54, 1.807) is 0 Å². The van der Waals surface area contributed by atoms with Crippen LogP contribution in [-0.4, -0.2) is 1.43 Å². The van der Waals surface area contributed by atoms with Gasteiger partial charge in [-0.2, -0.15) is 0 Å². The molecule has 0 radical (unpaired) electrons. The molecule has 0 aromatic heterocycles. The van der Waals surface area contributed by atoms with Gasteiger partial charge < -0.3 is 0 Å². The Morgan fingerprint density at radius 1 is 0.786 bits per heavy atom. The highest BCUT2D eigenvalue weighted by Crippen LogP contribution is 2.36. The molecule has 0 aliphatic rings. The Balaban J connectivity index is 3.13. The van der Waals surface area contributed by atoms with Gasteiger partial charge in [0, 0.05) is 0 Å². The van der Waals surface area contributed by atoms with E-state index in [4.69, 9.17) is 0 Å². The van der Waals surface area contributed by atoms with E-state index in [9.17, 15) is 0 Å². The molecular formula is C12H24I2. The van der Waals surface area contributed by atoms with Gasteiger partial charge in [0.25, 0.3) is 0 Å². The fraction of sp³-hybridized carbons (Fsp3) is 1.00. The quantitative estimate of drug-likeness (QED) is 0.239. The van der Waals surface area contributed by atoms with Crippen LogP contribution in [0.15, 0.2) is 0 Å². The summed E-state index contributed by atoms with van der Waals surface area (Å²) in [6.07, 6.45) is 12.7. The molecule has 0 atom stereocenters. The number of alkyl halides is 2. The van der Waals surface area contributed by atoms with Crippen molar-refractivity contribution >= 4 is 45.2 Å². The van der Waals surface area contributed by atoms with E-state index in [-0.39, 0.29) is 0 Å². The Labute approximate surface area is 117 Å². The van der Waals surface area contributed by atoms with E-state index in [1.807, 2.05) is 0 Å². The molecule has 2 heteroatoms. The molecule has 86 valence electrons. The van der Waals surface area contributed by atoms with Crippen LogP contribution in [0.5, 0.6) is 0 Å². The first kappa shape index (κ1) is 15.5. The zero-order chi connectivity index (χ0) is 10.9. The van der Waals surface area contributed by atoms with E-state index < -0.39 is 0 Å². The molecule has 0 N–H and O–H groups in total. The molecule has 0 bridgehead atoms. The summed E-state index contributed by atoms with van der Waals surface area (Å²) in [5.41, 5.74) is 0. The third kappa shape index (κ3) is 9.99. The summed E-state index contributed by atoms with van der Waals surface area (Å²) < 4.78 is 0.527. The Morgan fingerprint density at radius 2 is 1.29 bits per heavy atom. The molecule has 0 saturated carbocycles. The predicted molar refractivity (Wildman–Crippen MR) is 83.7 cm³/mol. The maximum absolute atomic E-state index is 2.60. The summed E-state index contributed by atoms with van der Waals surface area (Å²) in [5.74, 6) is 0. The topological polar surface area (TPSA) is 0 Å². The zero-order valence-corrected chi connectivity index (χ0v) is 13.9. The van der Waals surface area contributed by atoms with Crippen LogP contribution in [-0.2, 0) is 0 Å². The molecule has 0 spiro atoms. The van der Waals surface area contributed by atoms with Gasteiger partial charge in [-0.25, -0.2) is 0 Å². The highest BCUT2D eigenvalue weighted by Gasteiger charge is 2.18. The fourth-order valence-electron chi connectivity index (χ4n) is 1.52. The number of rotatable bonds is 9. The van der Waals surface area contributed by atoms with Crippen molar-refractivity contribution in [3.05, 3.63) is 0 Å². The van der Waals surface area contributed by atoms with Crippen LogP contribution in [0.1, 0.15) is 71.6 Å². The number of hydrogen-bond acceptors (Lipinski definition) is 0. The van der Waals surface area contributed by atoms with Crippen molar-refractivity contribution in [3.63, 3.8) is 0 Å². The largest absolute Gasteiger partial charge is 0.0732 e. The summed E-state index contributed by atoms with van der Waals surface area (Å²) in [6.45, 7) is 4.57. The maximum atomic E-state index is 2.60. The molecule has 14 heavy (non-hydrogen) atoms. The van der Waals surface area contributed by atoms with Gasteiger partial charge in [-0.05, 0) is 12.8 Å². The lowest BCUT2D eigenvalue weighted by atomic mass is 10.1. The average Bonchev–Trinajstić information content (AvgIpc) is 2.16. The molecule has 0 nitrogen and oxygen atoms in total.